The molecule has 0 saturated heterocycles. The molecule has 1 radical (unpaired) electrons. The summed E-state index contributed by atoms with van der Waals surface area (Å²) in [5.41, 5.74) is -0.0260. The summed E-state index contributed by atoms with van der Waals surface area (Å²) in [7, 11) is 0. The minimum Gasteiger partial charge on any atom is -0.200 e. The average molecular weight is 117 g/mol. The first-order valence-corrected chi connectivity index (χ1v) is 2.77. The van der Waals surface area contributed by atoms with Crippen molar-refractivity contribution in [1.29, 1.82) is 0 Å². The summed E-state index contributed by atoms with van der Waals surface area (Å²) in [5, 5.41) is 9.78. The zero-order valence-electron chi connectivity index (χ0n) is 5.89. The van der Waals surface area contributed by atoms with Gasteiger partial charge in [0, 0.05) is 0 Å². The lowest BCUT2D eigenvalue weighted by molar-refractivity contribution is -0.347. The highest BCUT2D eigenvalue weighted by atomic mass is 17.1. The number of hydrogen-bond donors (Lipinski definition) is 0. The average Bonchev–Trinajstić information content (AvgIpc) is 1.62. The lowest BCUT2D eigenvalue weighted by atomic mass is 9.91. The molecule has 0 aromatic carbocycles. The number of hydrogen-bond acceptors (Lipinski definition) is 1. The second-order valence-corrected chi connectivity index (χ2v) is 3.10. The van der Waals surface area contributed by atoms with Crippen LogP contribution in [-0.2, 0) is 10.1 Å². The van der Waals surface area contributed by atoms with Gasteiger partial charge in [-0.25, -0.2) is 4.89 Å². The van der Waals surface area contributed by atoms with Crippen molar-refractivity contribution in [3.8, 4) is 0 Å². The molecule has 8 heavy (non-hydrogen) atoms. The molecule has 0 N–H and O–H groups in total. The maximum absolute atomic E-state index is 9.78. The lowest BCUT2D eigenvalue weighted by Gasteiger charge is -2.22. The monoisotopic (exact) mass is 117 g/mol. The summed E-state index contributed by atoms with van der Waals surface area (Å²) in [6.07, 6.45) is -0.206. The van der Waals surface area contributed by atoms with Crippen molar-refractivity contribution in [2.75, 3.05) is 0 Å². The molecule has 0 amide bonds. The third-order valence-electron chi connectivity index (χ3n) is 1.36. The smallest absolute Gasteiger partial charge is 0.0982 e. The Balaban J connectivity index is 3.62. The predicted octanol–water partition coefficient (Wildman–Crippen LogP) is 1.78. The first-order chi connectivity index (χ1) is 3.48. The van der Waals surface area contributed by atoms with E-state index >= 15 is 0 Å². The molecule has 0 aromatic heterocycles. The minimum absolute atomic E-state index is 0.0260. The molecule has 2 nitrogen and oxygen atoms in total. The zero-order valence-corrected chi connectivity index (χ0v) is 5.89. The van der Waals surface area contributed by atoms with E-state index in [1.807, 2.05) is 20.8 Å². The highest BCUT2D eigenvalue weighted by Gasteiger charge is 2.20. The maximum atomic E-state index is 9.78. The molecule has 0 heterocycles. The van der Waals surface area contributed by atoms with E-state index in [2.05, 4.69) is 4.89 Å². The van der Waals surface area contributed by atoms with Crippen LogP contribution in [0.5, 0.6) is 0 Å². The van der Waals surface area contributed by atoms with Gasteiger partial charge in [0.15, 0.2) is 0 Å². The van der Waals surface area contributed by atoms with Crippen LogP contribution in [0.3, 0.4) is 0 Å². The van der Waals surface area contributed by atoms with Gasteiger partial charge in [-0.1, -0.05) is 20.8 Å². The van der Waals surface area contributed by atoms with Gasteiger partial charge >= 0.3 is 0 Å². The highest BCUT2D eigenvalue weighted by molar-refractivity contribution is 4.67. The normalized spacial score (nSPS) is 16.1. The fourth-order valence-electron chi connectivity index (χ4n) is 0.144. The molecule has 0 saturated carbocycles. The van der Waals surface area contributed by atoms with Gasteiger partial charge in [0.05, 0.1) is 6.10 Å². The van der Waals surface area contributed by atoms with Crippen LogP contribution in [0.15, 0.2) is 0 Å². The van der Waals surface area contributed by atoms with Gasteiger partial charge in [-0.2, -0.15) is 0 Å². The Kier molecular flexibility index (Phi) is 2.44. The van der Waals surface area contributed by atoms with E-state index < -0.39 is 0 Å². The molecule has 0 rings (SSSR count). The van der Waals surface area contributed by atoms with Crippen molar-refractivity contribution in [1.82, 2.24) is 0 Å². The van der Waals surface area contributed by atoms with Gasteiger partial charge in [-0.15, -0.1) is 0 Å². The van der Waals surface area contributed by atoms with Crippen molar-refractivity contribution in [3.05, 3.63) is 0 Å². The molecule has 0 aromatic rings. The van der Waals surface area contributed by atoms with Crippen LogP contribution in [0.2, 0.25) is 0 Å². The van der Waals surface area contributed by atoms with Crippen LogP contribution < -0.4 is 0 Å². The van der Waals surface area contributed by atoms with E-state index in [0.717, 1.165) is 0 Å². The Labute approximate surface area is 50.4 Å². The van der Waals surface area contributed by atoms with E-state index in [1.54, 1.807) is 6.92 Å². The summed E-state index contributed by atoms with van der Waals surface area (Å²) in [5.74, 6) is 0. The van der Waals surface area contributed by atoms with Crippen LogP contribution in [0, 0.1) is 5.41 Å². The van der Waals surface area contributed by atoms with Crippen molar-refractivity contribution in [3.63, 3.8) is 0 Å². The van der Waals surface area contributed by atoms with Gasteiger partial charge in [0.2, 0.25) is 0 Å². The SMILES string of the molecule is CC(O[O])C(C)(C)C. The highest BCUT2D eigenvalue weighted by Crippen LogP contribution is 2.20. The van der Waals surface area contributed by atoms with E-state index in [-0.39, 0.29) is 11.5 Å². The number of rotatable bonds is 1. The summed E-state index contributed by atoms with van der Waals surface area (Å²) >= 11 is 0. The molecule has 0 aliphatic heterocycles. The second kappa shape index (κ2) is 2.46. The third-order valence-corrected chi connectivity index (χ3v) is 1.36. The molecule has 0 spiro atoms. The van der Waals surface area contributed by atoms with Gasteiger partial charge < -0.3 is 0 Å². The van der Waals surface area contributed by atoms with Crippen LogP contribution in [0.25, 0.3) is 0 Å². The molecular weight excluding hydrogens is 104 g/mol. The molecule has 0 aliphatic rings. The largest absolute Gasteiger partial charge is 0.200 e. The summed E-state index contributed by atoms with van der Waals surface area (Å²) < 4.78 is 0. The predicted molar refractivity (Wildman–Crippen MR) is 30.7 cm³/mol. The van der Waals surface area contributed by atoms with Crippen LogP contribution in [0.4, 0.5) is 0 Å². The third kappa shape index (κ3) is 2.28. The van der Waals surface area contributed by atoms with Crippen molar-refractivity contribution < 1.29 is 10.1 Å². The fourth-order valence-corrected chi connectivity index (χ4v) is 0.144. The molecule has 0 aliphatic carbocycles. The quantitative estimate of drug-likeness (QED) is 0.380. The Morgan fingerprint density at radius 3 is 1.75 bits per heavy atom. The van der Waals surface area contributed by atoms with E-state index in [9.17, 15) is 5.26 Å². The van der Waals surface area contributed by atoms with Crippen LogP contribution >= 0.6 is 0 Å². The Hall–Kier alpha value is -0.0800. The van der Waals surface area contributed by atoms with Gasteiger partial charge in [-0.05, 0) is 17.6 Å². The van der Waals surface area contributed by atoms with Gasteiger partial charge in [0.1, 0.15) is 0 Å². The molecule has 0 bridgehead atoms. The fraction of sp³-hybridized carbons (Fsp3) is 1.00. The molecule has 0 fully saturated rings. The minimum atomic E-state index is -0.206. The van der Waals surface area contributed by atoms with E-state index in [1.165, 1.54) is 0 Å². The lowest BCUT2D eigenvalue weighted by Crippen LogP contribution is -2.24. The zero-order chi connectivity index (χ0) is 6.78. The summed E-state index contributed by atoms with van der Waals surface area (Å²) in [6, 6.07) is 0. The molecule has 2 heteroatoms. The van der Waals surface area contributed by atoms with Crippen molar-refractivity contribution in [2.45, 2.75) is 33.8 Å². The molecule has 1 atom stereocenters. The van der Waals surface area contributed by atoms with E-state index in [4.69, 9.17) is 0 Å². The first-order valence-electron chi connectivity index (χ1n) is 2.77. The Bertz CT molecular complexity index is 63.4. The van der Waals surface area contributed by atoms with Crippen molar-refractivity contribution in [2.24, 2.45) is 5.41 Å². The first kappa shape index (κ1) is 7.92. The molecule has 49 valence electrons. The van der Waals surface area contributed by atoms with Gasteiger partial charge in [0.25, 0.3) is 0 Å². The van der Waals surface area contributed by atoms with Crippen LogP contribution in [-0.4, -0.2) is 6.10 Å². The van der Waals surface area contributed by atoms with Crippen molar-refractivity contribution >= 4 is 0 Å². The Morgan fingerprint density at radius 1 is 1.38 bits per heavy atom. The standard InChI is InChI=1S/C6H13O2/c1-5(8-7)6(2,3)4/h5H,1-4H3. The summed E-state index contributed by atoms with van der Waals surface area (Å²) in [6.45, 7) is 7.67. The van der Waals surface area contributed by atoms with Crippen LogP contribution in [0.1, 0.15) is 27.7 Å². The summed E-state index contributed by atoms with van der Waals surface area (Å²) in [4.78, 5) is 3.86. The van der Waals surface area contributed by atoms with Gasteiger partial charge in [-0.3, -0.25) is 0 Å². The Morgan fingerprint density at radius 2 is 1.75 bits per heavy atom. The maximum Gasteiger partial charge on any atom is 0.0982 e. The molecule has 1 unspecified atom stereocenters. The topological polar surface area (TPSA) is 29.1 Å². The second-order valence-electron chi connectivity index (χ2n) is 3.10. The van der Waals surface area contributed by atoms with E-state index in [0.29, 0.717) is 0 Å². The molecular formula is C6H13O2.